The zero-order valence-corrected chi connectivity index (χ0v) is 10.7. The van der Waals surface area contributed by atoms with Gasteiger partial charge in [-0.15, -0.1) is 0 Å². The van der Waals surface area contributed by atoms with Gasteiger partial charge in [0.2, 0.25) is 0 Å². The Morgan fingerprint density at radius 1 is 1.47 bits per heavy atom. The number of hydrogen-bond acceptors (Lipinski definition) is 4. The molecule has 0 aliphatic rings. The maximum absolute atomic E-state index is 11.0. The van der Waals surface area contributed by atoms with E-state index >= 15 is 0 Å². The molecule has 0 aromatic carbocycles. The van der Waals surface area contributed by atoms with Gasteiger partial charge in [-0.1, -0.05) is 27.7 Å². The first-order chi connectivity index (χ1) is 7.15. The summed E-state index contributed by atoms with van der Waals surface area (Å²) in [5, 5.41) is 3.93. The molecule has 0 amide bonds. The minimum Gasteiger partial charge on any atom is -0.265 e. The van der Waals surface area contributed by atoms with Crippen LogP contribution in [0.25, 0.3) is 0 Å². The molecule has 0 bridgehead atoms. The first-order valence-electron chi connectivity index (χ1n) is 4.51. The molecule has 1 heterocycles. The van der Waals surface area contributed by atoms with Crippen LogP contribution in [-0.4, -0.2) is 25.8 Å². The highest BCUT2D eigenvalue weighted by Gasteiger charge is 2.03. The summed E-state index contributed by atoms with van der Waals surface area (Å²) in [5.74, 6) is 0.887. The molecule has 0 aliphatic carbocycles. The van der Waals surface area contributed by atoms with Crippen LogP contribution in [0.1, 0.15) is 12.8 Å². The monoisotopic (exact) mass is 293 g/mol. The van der Waals surface area contributed by atoms with Crippen molar-refractivity contribution in [1.82, 2.24) is 14.8 Å². The van der Waals surface area contributed by atoms with Crippen LogP contribution < -0.4 is 11.1 Å². The molecule has 0 atom stereocenters. The van der Waals surface area contributed by atoms with Gasteiger partial charge >= 0.3 is 11.1 Å². The molecule has 0 spiro atoms. The Balaban J connectivity index is 2.65. The molecule has 84 valence electrons. The van der Waals surface area contributed by atoms with Gasteiger partial charge in [0.05, 0.1) is 0 Å². The summed E-state index contributed by atoms with van der Waals surface area (Å²) in [6.07, 6.45) is 2.13. The third-order valence-electron chi connectivity index (χ3n) is 1.71. The Bertz CT molecular complexity index is 429. The van der Waals surface area contributed by atoms with E-state index in [1.807, 2.05) is 0 Å². The molecule has 1 rings (SSSR count). The summed E-state index contributed by atoms with van der Waals surface area (Å²) in [7, 11) is 1.67. The van der Waals surface area contributed by atoms with E-state index in [4.69, 9.17) is 0 Å². The van der Waals surface area contributed by atoms with E-state index in [0.717, 1.165) is 23.9 Å². The molecule has 0 unspecified atom stereocenters. The second-order valence-corrected chi connectivity index (χ2v) is 4.80. The molecule has 0 fully saturated rings. The second-order valence-electron chi connectivity index (χ2n) is 2.94. The van der Waals surface area contributed by atoms with Crippen molar-refractivity contribution >= 4 is 27.7 Å². The number of H-pyrrole nitrogens is 1. The number of aromatic amines is 1. The second kappa shape index (κ2) is 6.12. The Morgan fingerprint density at radius 2 is 2.20 bits per heavy atom. The van der Waals surface area contributed by atoms with Gasteiger partial charge in [0.1, 0.15) is 0 Å². The summed E-state index contributed by atoms with van der Waals surface area (Å²) < 4.78 is 1.47. The number of unbranched alkanes of at least 4 members (excludes halogenated alkanes) is 1. The zero-order valence-electron chi connectivity index (χ0n) is 8.33. The topological polar surface area (TPSA) is 67.8 Å². The molecule has 7 heteroatoms. The van der Waals surface area contributed by atoms with Crippen LogP contribution in [0.5, 0.6) is 0 Å². The van der Waals surface area contributed by atoms with Crippen molar-refractivity contribution in [3.05, 3.63) is 20.7 Å². The van der Waals surface area contributed by atoms with Crippen molar-refractivity contribution in [3.8, 4) is 0 Å². The Kier molecular flexibility index (Phi) is 5.10. The fourth-order valence-electron chi connectivity index (χ4n) is 0.950. The predicted molar refractivity (Wildman–Crippen MR) is 63.9 cm³/mol. The quantitative estimate of drug-likeness (QED) is 0.376. The summed E-state index contributed by atoms with van der Waals surface area (Å²) >= 11 is 4.81. The Morgan fingerprint density at radius 3 is 2.87 bits per heavy atom. The van der Waals surface area contributed by atoms with E-state index in [1.54, 1.807) is 7.05 Å². The minimum absolute atomic E-state index is 0.550. The van der Waals surface area contributed by atoms with Gasteiger partial charge in [0.15, 0.2) is 5.16 Å². The van der Waals surface area contributed by atoms with Crippen LogP contribution in [0, 0.1) is 0 Å². The number of hydrogen-bond donors (Lipinski definition) is 1. The molecule has 0 radical (unpaired) electrons. The number of alkyl halides is 1. The SMILES string of the molecule is Cn1[nH]c(=O)c(=O)nc1SCCCCBr. The standard InChI is InChI=1S/C8H12BrN3O2S/c1-12-8(15-5-3-2-4-9)10-6(13)7(14)11-12/h2-5H2,1H3,(H,11,14). The molecule has 0 saturated heterocycles. The first kappa shape index (κ1) is 12.5. The minimum atomic E-state index is -0.726. The van der Waals surface area contributed by atoms with Crippen LogP contribution >= 0.6 is 27.7 Å². The lowest BCUT2D eigenvalue weighted by atomic mass is 10.4. The van der Waals surface area contributed by atoms with Gasteiger partial charge in [-0.2, -0.15) is 4.98 Å². The highest BCUT2D eigenvalue weighted by atomic mass is 79.9. The maximum atomic E-state index is 11.0. The number of rotatable bonds is 5. The van der Waals surface area contributed by atoms with Crippen molar-refractivity contribution in [2.75, 3.05) is 11.1 Å². The van der Waals surface area contributed by atoms with Crippen molar-refractivity contribution in [3.63, 3.8) is 0 Å². The summed E-state index contributed by atoms with van der Waals surface area (Å²) in [6.45, 7) is 0. The van der Waals surface area contributed by atoms with Gasteiger partial charge in [0, 0.05) is 18.1 Å². The molecule has 0 aliphatic heterocycles. The van der Waals surface area contributed by atoms with E-state index in [2.05, 4.69) is 26.0 Å². The normalized spacial score (nSPS) is 10.5. The largest absolute Gasteiger partial charge is 0.339 e. The van der Waals surface area contributed by atoms with Gasteiger partial charge in [-0.3, -0.25) is 19.4 Å². The van der Waals surface area contributed by atoms with Crippen LogP contribution in [0.2, 0.25) is 0 Å². The van der Waals surface area contributed by atoms with Crippen molar-refractivity contribution in [2.24, 2.45) is 7.05 Å². The van der Waals surface area contributed by atoms with E-state index in [9.17, 15) is 9.59 Å². The molecule has 1 N–H and O–H groups in total. The Hall–Kier alpha value is -0.560. The maximum Gasteiger partial charge on any atom is 0.339 e. The molecule has 1 aromatic heterocycles. The molecule has 0 saturated carbocycles. The van der Waals surface area contributed by atoms with Crippen molar-refractivity contribution in [1.29, 1.82) is 0 Å². The average Bonchev–Trinajstić information content (AvgIpc) is 2.20. The summed E-state index contributed by atoms with van der Waals surface area (Å²) in [6, 6.07) is 0. The lowest BCUT2D eigenvalue weighted by Crippen LogP contribution is -2.33. The van der Waals surface area contributed by atoms with Crippen LogP contribution in [0.4, 0.5) is 0 Å². The van der Waals surface area contributed by atoms with E-state index in [0.29, 0.717) is 5.16 Å². The smallest absolute Gasteiger partial charge is 0.265 e. The number of aromatic nitrogens is 3. The van der Waals surface area contributed by atoms with Gasteiger partial charge < -0.3 is 0 Å². The highest BCUT2D eigenvalue weighted by molar-refractivity contribution is 9.09. The number of thioether (sulfide) groups is 1. The Labute approximate surface area is 99.4 Å². The number of nitrogens with one attached hydrogen (secondary N) is 1. The predicted octanol–water partition coefficient (Wildman–Crippen LogP) is 0.736. The molecule has 15 heavy (non-hydrogen) atoms. The van der Waals surface area contributed by atoms with Crippen LogP contribution in [0.15, 0.2) is 14.7 Å². The van der Waals surface area contributed by atoms with E-state index < -0.39 is 11.1 Å². The van der Waals surface area contributed by atoms with Crippen LogP contribution in [0.3, 0.4) is 0 Å². The zero-order chi connectivity index (χ0) is 11.3. The third kappa shape index (κ3) is 3.83. The fraction of sp³-hybridized carbons (Fsp3) is 0.625. The number of nitrogens with zero attached hydrogens (tertiary/aromatic N) is 2. The lowest BCUT2D eigenvalue weighted by Gasteiger charge is -2.04. The van der Waals surface area contributed by atoms with Gasteiger partial charge in [-0.25, -0.2) is 0 Å². The van der Waals surface area contributed by atoms with Crippen LogP contribution in [-0.2, 0) is 7.05 Å². The average molecular weight is 294 g/mol. The highest BCUT2D eigenvalue weighted by Crippen LogP contribution is 2.13. The number of aryl methyl sites for hydroxylation is 1. The van der Waals surface area contributed by atoms with Gasteiger partial charge in [0.25, 0.3) is 0 Å². The summed E-state index contributed by atoms with van der Waals surface area (Å²) in [4.78, 5) is 25.6. The molecular formula is C8H12BrN3O2S. The molecular weight excluding hydrogens is 282 g/mol. The van der Waals surface area contributed by atoms with Crippen molar-refractivity contribution in [2.45, 2.75) is 18.0 Å². The number of halogens is 1. The summed E-state index contributed by atoms with van der Waals surface area (Å²) in [5.41, 5.74) is -1.40. The van der Waals surface area contributed by atoms with E-state index in [-0.39, 0.29) is 0 Å². The third-order valence-corrected chi connectivity index (χ3v) is 3.38. The fourth-order valence-corrected chi connectivity index (χ4v) is 2.26. The first-order valence-corrected chi connectivity index (χ1v) is 6.62. The molecule has 5 nitrogen and oxygen atoms in total. The van der Waals surface area contributed by atoms with E-state index in [1.165, 1.54) is 16.4 Å². The van der Waals surface area contributed by atoms with Crippen molar-refractivity contribution < 1.29 is 0 Å². The lowest BCUT2D eigenvalue weighted by molar-refractivity contribution is 0.596. The van der Waals surface area contributed by atoms with Gasteiger partial charge in [-0.05, 0) is 12.8 Å². The molecule has 1 aromatic rings.